The summed E-state index contributed by atoms with van der Waals surface area (Å²) >= 11 is 0. The molecule has 1 nitrogen and oxygen atoms in total. The van der Waals surface area contributed by atoms with Gasteiger partial charge in [0.1, 0.15) is 17.5 Å². The van der Waals surface area contributed by atoms with Crippen LogP contribution in [0.4, 0.5) is 17.6 Å². The predicted octanol–water partition coefficient (Wildman–Crippen LogP) is 6.77. The van der Waals surface area contributed by atoms with Gasteiger partial charge in [-0.15, -0.1) is 0 Å². The molecule has 0 aliphatic carbocycles. The van der Waals surface area contributed by atoms with Crippen molar-refractivity contribution in [2.75, 3.05) is 7.11 Å². The first-order chi connectivity index (χ1) is 14.9. The molecule has 3 rings (SSSR count). The summed E-state index contributed by atoms with van der Waals surface area (Å²) in [4.78, 5) is 0. The minimum Gasteiger partial charge on any atom is -0.494 e. The van der Waals surface area contributed by atoms with Crippen LogP contribution >= 0.6 is 0 Å². The summed E-state index contributed by atoms with van der Waals surface area (Å²) in [6, 6.07) is 12.3. The lowest BCUT2D eigenvalue weighted by Gasteiger charge is -2.10. The lowest BCUT2D eigenvalue weighted by molar-refractivity contribution is 0.386. The number of benzene rings is 3. The molecule has 0 aliphatic heterocycles. The molecule has 5 heteroatoms. The number of aryl methyl sites for hydroxylation is 4. The normalized spacial score (nSPS) is 11.0. The van der Waals surface area contributed by atoms with Crippen molar-refractivity contribution < 1.29 is 22.3 Å². The average molecular weight is 430 g/mol. The number of rotatable bonds is 9. The summed E-state index contributed by atoms with van der Waals surface area (Å²) in [5.74, 6) is -1.74. The monoisotopic (exact) mass is 430 g/mol. The first-order valence-corrected chi connectivity index (χ1v) is 10.5. The van der Waals surface area contributed by atoms with E-state index in [9.17, 15) is 17.6 Å². The summed E-state index contributed by atoms with van der Waals surface area (Å²) in [6.45, 7) is 1.96. The molecule has 0 saturated heterocycles. The van der Waals surface area contributed by atoms with Crippen LogP contribution in [0.25, 0.3) is 0 Å². The molecule has 3 aromatic carbocycles. The molecule has 0 bridgehead atoms. The van der Waals surface area contributed by atoms with Crippen molar-refractivity contribution in [2.24, 2.45) is 0 Å². The van der Waals surface area contributed by atoms with Crippen molar-refractivity contribution in [1.29, 1.82) is 0 Å². The Bertz CT molecular complexity index is 1020. The molecular formula is C26H26F4O. The molecular weight excluding hydrogens is 404 g/mol. The Morgan fingerprint density at radius 2 is 1.19 bits per heavy atom. The van der Waals surface area contributed by atoms with E-state index in [0.29, 0.717) is 42.4 Å². The van der Waals surface area contributed by atoms with E-state index < -0.39 is 17.5 Å². The van der Waals surface area contributed by atoms with Gasteiger partial charge >= 0.3 is 0 Å². The van der Waals surface area contributed by atoms with E-state index >= 15 is 0 Å². The first-order valence-electron chi connectivity index (χ1n) is 10.5. The lowest BCUT2D eigenvalue weighted by Crippen LogP contribution is -2.02. The second-order valence-electron chi connectivity index (χ2n) is 7.68. The van der Waals surface area contributed by atoms with Crippen molar-refractivity contribution in [3.8, 4) is 5.75 Å². The van der Waals surface area contributed by atoms with Gasteiger partial charge in [-0.1, -0.05) is 31.5 Å². The van der Waals surface area contributed by atoms with E-state index in [0.717, 1.165) is 12.0 Å². The summed E-state index contributed by atoms with van der Waals surface area (Å²) in [7, 11) is 1.40. The third kappa shape index (κ3) is 5.87. The second kappa shape index (κ2) is 10.5. The fraction of sp³-hybridized carbons (Fsp3) is 0.308. The van der Waals surface area contributed by atoms with Crippen molar-refractivity contribution in [3.63, 3.8) is 0 Å². The summed E-state index contributed by atoms with van der Waals surface area (Å²) in [5, 5.41) is 0. The smallest absolute Gasteiger partial charge is 0.165 e. The van der Waals surface area contributed by atoms with Gasteiger partial charge in [-0.3, -0.25) is 0 Å². The molecule has 0 heterocycles. The number of halogens is 4. The zero-order valence-corrected chi connectivity index (χ0v) is 17.8. The maximum atomic E-state index is 14.5. The van der Waals surface area contributed by atoms with Crippen LogP contribution in [-0.4, -0.2) is 7.11 Å². The Balaban J connectivity index is 1.63. The largest absolute Gasteiger partial charge is 0.494 e. The number of methoxy groups -OCH3 is 1. The molecule has 0 fully saturated rings. The molecule has 0 atom stereocenters. The Labute approximate surface area is 180 Å². The molecule has 31 heavy (non-hydrogen) atoms. The summed E-state index contributed by atoms with van der Waals surface area (Å²) in [5.41, 5.74) is 2.62. The minimum absolute atomic E-state index is 0.0332. The zero-order valence-electron chi connectivity index (χ0n) is 17.8. The van der Waals surface area contributed by atoms with E-state index in [1.807, 2.05) is 6.92 Å². The Hall–Kier alpha value is -2.82. The molecule has 0 aromatic heterocycles. The van der Waals surface area contributed by atoms with E-state index in [4.69, 9.17) is 4.74 Å². The van der Waals surface area contributed by atoms with Gasteiger partial charge in [0.05, 0.1) is 7.11 Å². The van der Waals surface area contributed by atoms with Crippen molar-refractivity contribution >= 4 is 0 Å². The molecule has 0 unspecified atom stereocenters. The maximum Gasteiger partial charge on any atom is 0.165 e. The van der Waals surface area contributed by atoms with Crippen LogP contribution in [0.15, 0.2) is 48.5 Å². The lowest BCUT2D eigenvalue weighted by atomic mass is 9.98. The van der Waals surface area contributed by atoms with Crippen molar-refractivity contribution in [2.45, 2.75) is 45.4 Å². The molecule has 164 valence electrons. The summed E-state index contributed by atoms with van der Waals surface area (Å²) in [6.07, 6.45) is 2.84. The first kappa shape index (κ1) is 22.9. The van der Waals surface area contributed by atoms with E-state index in [1.54, 1.807) is 24.3 Å². The second-order valence-corrected chi connectivity index (χ2v) is 7.68. The molecule has 3 aromatic rings. The minimum atomic E-state index is -0.549. The van der Waals surface area contributed by atoms with Gasteiger partial charge in [-0.25, -0.2) is 17.6 Å². The highest BCUT2D eigenvalue weighted by Crippen LogP contribution is 2.22. The quantitative estimate of drug-likeness (QED) is 0.340. The molecule has 0 aliphatic rings. The standard InChI is InChI=1S/C26H26F4O/c1-3-4-19-15-23(28)21(24(29)16-19)11-7-17-5-9-20(22(27)13-17)10-6-18-8-12-26(31-2)25(30)14-18/h5,8-9,12-16H,3-4,6-7,10-11H2,1-2H3. The fourth-order valence-electron chi connectivity index (χ4n) is 3.69. The fourth-order valence-corrected chi connectivity index (χ4v) is 3.69. The van der Waals surface area contributed by atoms with Crippen LogP contribution in [0.5, 0.6) is 5.75 Å². The highest BCUT2D eigenvalue weighted by molar-refractivity contribution is 5.32. The van der Waals surface area contributed by atoms with E-state index in [2.05, 4.69) is 0 Å². The Morgan fingerprint density at radius 3 is 1.77 bits per heavy atom. The molecule has 0 radical (unpaired) electrons. The molecule has 0 amide bonds. The third-order valence-corrected chi connectivity index (χ3v) is 5.42. The molecule has 0 saturated carbocycles. The average Bonchev–Trinajstić information content (AvgIpc) is 2.73. The summed E-state index contributed by atoms with van der Waals surface area (Å²) < 4.78 is 61.8. The van der Waals surface area contributed by atoms with Gasteiger partial charge in [0.2, 0.25) is 0 Å². The van der Waals surface area contributed by atoms with Crippen LogP contribution in [0.3, 0.4) is 0 Å². The number of hydrogen-bond donors (Lipinski definition) is 0. The van der Waals surface area contributed by atoms with Gasteiger partial charge < -0.3 is 4.74 Å². The highest BCUT2D eigenvalue weighted by atomic mass is 19.1. The zero-order chi connectivity index (χ0) is 22.4. The van der Waals surface area contributed by atoms with Crippen LogP contribution in [-0.2, 0) is 32.1 Å². The Kier molecular flexibility index (Phi) is 7.72. The van der Waals surface area contributed by atoms with Gasteiger partial charge in [-0.2, -0.15) is 0 Å². The van der Waals surface area contributed by atoms with Crippen molar-refractivity contribution in [3.05, 3.63) is 99.6 Å². The highest BCUT2D eigenvalue weighted by Gasteiger charge is 2.12. The molecule has 0 spiro atoms. The molecule has 0 N–H and O–H groups in total. The van der Waals surface area contributed by atoms with Crippen LogP contribution < -0.4 is 4.74 Å². The van der Waals surface area contributed by atoms with Crippen molar-refractivity contribution in [1.82, 2.24) is 0 Å². The van der Waals surface area contributed by atoms with E-state index in [-0.39, 0.29) is 23.6 Å². The van der Waals surface area contributed by atoms with E-state index in [1.165, 1.54) is 31.4 Å². The Morgan fingerprint density at radius 1 is 0.613 bits per heavy atom. The van der Waals surface area contributed by atoms with Crippen LogP contribution in [0.2, 0.25) is 0 Å². The predicted molar refractivity (Wildman–Crippen MR) is 115 cm³/mol. The van der Waals surface area contributed by atoms with Gasteiger partial charge in [-0.05, 0) is 84.7 Å². The topological polar surface area (TPSA) is 9.23 Å². The van der Waals surface area contributed by atoms with Crippen LogP contribution in [0.1, 0.15) is 41.2 Å². The third-order valence-electron chi connectivity index (χ3n) is 5.42. The number of hydrogen-bond acceptors (Lipinski definition) is 1. The number of ether oxygens (including phenoxy) is 1. The van der Waals surface area contributed by atoms with Gasteiger partial charge in [0.15, 0.2) is 11.6 Å². The SMILES string of the molecule is CCCc1cc(F)c(CCc2ccc(CCc3ccc(OC)c(F)c3)c(F)c2)c(F)c1. The van der Waals surface area contributed by atoms with Gasteiger partial charge in [0, 0.05) is 5.56 Å². The van der Waals surface area contributed by atoms with Crippen LogP contribution in [0, 0.1) is 23.3 Å². The maximum absolute atomic E-state index is 14.5. The van der Waals surface area contributed by atoms with Gasteiger partial charge in [0.25, 0.3) is 0 Å².